The highest BCUT2D eigenvalue weighted by Gasteiger charge is 2.23. The van der Waals surface area contributed by atoms with E-state index in [0.717, 1.165) is 0 Å². The van der Waals surface area contributed by atoms with Crippen LogP contribution in [-0.2, 0) is 14.3 Å². The number of nitrogens with zero attached hydrogens (tertiary/aromatic N) is 2. The van der Waals surface area contributed by atoms with Gasteiger partial charge in [-0.25, -0.2) is 0 Å². The smallest absolute Gasteiger partial charge is 0.325 e. The molecule has 1 aromatic carbocycles. The molecule has 2 rings (SSSR count). The first kappa shape index (κ1) is 14.0. The Labute approximate surface area is 120 Å². The lowest BCUT2D eigenvalue weighted by molar-refractivity contribution is -0.140. The zero-order chi connectivity index (χ0) is 13.8. The maximum Gasteiger partial charge on any atom is 0.325 e. The standard InChI is InChI=1S/C12H12Cl2N2O3/c1-18-10(17)7-16-5-6-19-12(16)15-11-8(13)3-2-4-9(11)14/h2-4H,5-7H2,1H3. The number of methoxy groups -OCH3 is 1. The second-order valence-corrected chi connectivity index (χ2v) is 4.63. The monoisotopic (exact) mass is 302 g/mol. The summed E-state index contributed by atoms with van der Waals surface area (Å²) < 4.78 is 9.99. The number of ether oxygens (including phenoxy) is 2. The number of halogens is 2. The molecule has 0 saturated carbocycles. The van der Waals surface area contributed by atoms with E-state index >= 15 is 0 Å². The van der Waals surface area contributed by atoms with Gasteiger partial charge in [0.15, 0.2) is 0 Å². The lowest BCUT2D eigenvalue weighted by Crippen LogP contribution is -2.32. The molecule has 1 aliphatic rings. The molecule has 0 aliphatic carbocycles. The quantitative estimate of drug-likeness (QED) is 0.805. The van der Waals surface area contributed by atoms with Crippen molar-refractivity contribution in [2.75, 3.05) is 26.8 Å². The van der Waals surface area contributed by atoms with Crippen molar-refractivity contribution in [3.8, 4) is 0 Å². The normalized spacial score (nSPS) is 16.6. The molecule has 1 saturated heterocycles. The number of hydrogen-bond acceptors (Lipinski definition) is 4. The van der Waals surface area contributed by atoms with Crippen LogP contribution in [0.4, 0.5) is 5.69 Å². The molecule has 0 atom stereocenters. The molecule has 0 unspecified atom stereocenters. The minimum atomic E-state index is -0.358. The van der Waals surface area contributed by atoms with Crippen molar-refractivity contribution in [2.45, 2.75) is 0 Å². The Balaban J connectivity index is 2.24. The van der Waals surface area contributed by atoms with E-state index in [-0.39, 0.29) is 12.5 Å². The van der Waals surface area contributed by atoms with Gasteiger partial charge in [-0.3, -0.25) is 4.79 Å². The first-order valence-electron chi connectivity index (χ1n) is 5.59. The summed E-state index contributed by atoms with van der Waals surface area (Å²) in [5.74, 6) is -0.358. The van der Waals surface area contributed by atoms with Gasteiger partial charge >= 0.3 is 5.97 Å². The van der Waals surface area contributed by atoms with Crippen molar-refractivity contribution < 1.29 is 14.3 Å². The number of esters is 1. The summed E-state index contributed by atoms with van der Waals surface area (Å²) in [4.78, 5) is 17.2. The van der Waals surface area contributed by atoms with Gasteiger partial charge < -0.3 is 14.4 Å². The second kappa shape index (κ2) is 6.12. The van der Waals surface area contributed by atoms with Crippen LogP contribution in [0.2, 0.25) is 10.0 Å². The third kappa shape index (κ3) is 3.30. The predicted molar refractivity (Wildman–Crippen MR) is 73.1 cm³/mol. The van der Waals surface area contributed by atoms with Gasteiger partial charge in [0.1, 0.15) is 18.8 Å². The van der Waals surface area contributed by atoms with Crippen LogP contribution in [0.5, 0.6) is 0 Å². The summed E-state index contributed by atoms with van der Waals surface area (Å²) in [6.45, 7) is 1.10. The molecule has 0 aromatic heterocycles. The fraction of sp³-hybridized carbons (Fsp3) is 0.333. The molecule has 19 heavy (non-hydrogen) atoms. The van der Waals surface area contributed by atoms with Gasteiger partial charge in [-0.15, -0.1) is 0 Å². The van der Waals surface area contributed by atoms with Gasteiger partial charge in [-0.05, 0) is 12.1 Å². The molecule has 0 N–H and O–H groups in total. The van der Waals surface area contributed by atoms with Gasteiger partial charge in [0.25, 0.3) is 6.02 Å². The number of hydrogen-bond donors (Lipinski definition) is 0. The van der Waals surface area contributed by atoms with Gasteiger partial charge in [-0.1, -0.05) is 29.3 Å². The summed E-state index contributed by atoms with van der Waals surface area (Å²) in [7, 11) is 1.33. The van der Waals surface area contributed by atoms with Crippen molar-refractivity contribution in [3.63, 3.8) is 0 Å². The summed E-state index contributed by atoms with van der Waals surface area (Å²) in [5, 5.41) is 0.849. The van der Waals surface area contributed by atoms with Gasteiger partial charge in [0, 0.05) is 0 Å². The zero-order valence-corrected chi connectivity index (χ0v) is 11.7. The molecule has 5 nitrogen and oxygen atoms in total. The summed E-state index contributed by atoms with van der Waals surface area (Å²) >= 11 is 12.1. The van der Waals surface area contributed by atoms with E-state index in [0.29, 0.717) is 34.9 Å². The molecule has 1 heterocycles. The molecule has 0 spiro atoms. The highest BCUT2D eigenvalue weighted by molar-refractivity contribution is 6.38. The van der Waals surface area contributed by atoms with Crippen LogP contribution in [0.3, 0.4) is 0 Å². The predicted octanol–water partition coefficient (Wildman–Crippen LogP) is 2.49. The van der Waals surface area contributed by atoms with E-state index in [1.165, 1.54) is 7.11 Å². The molecule has 0 bridgehead atoms. The number of para-hydroxylation sites is 1. The van der Waals surface area contributed by atoms with Crippen molar-refractivity contribution >= 4 is 40.9 Å². The van der Waals surface area contributed by atoms with E-state index in [1.807, 2.05) is 0 Å². The van der Waals surface area contributed by atoms with Crippen LogP contribution in [0.15, 0.2) is 23.2 Å². The molecular weight excluding hydrogens is 291 g/mol. The summed E-state index contributed by atoms with van der Waals surface area (Å²) in [6, 6.07) is 5.43. The van der Waals surface area contributed by atoms with E-state index in [4.69, 9.17) is 27.9 Å². The van der Waals surface area contributed by atoms with Crippen LogP contribution in [-0.4, -0.2) is 43.7 Å². The zero-order valence-electron chi connectivity index (χ0n) is 10.2. The van der Waals surface area contributed by atoms with Crippen molar-refractivity contribution in [2.24, 2.45) is 4.99 Å². The van der Waals surface area contributed by atoms with E-state index < -0.39 is 0 Å². The Morgan fingerprint density at radius 2 is 2.16 bits per heavy atom. The lowest BCUT2D eigenvalue weighted by atomic mass is 10.3. The molecule has 0 radical (unpaired) electrons. The molecule has 1 aromatic rings. The van der Waals surface area contributed by atoms with Crippen molar-refractivity contribution in [3.05, 3.63) is 28.2 Å². The number of amidine groups is 1. The maximum absolute atomic E-state index is 11.3. The Morgan fingerprint density at radius 1 is 1.47 bits per heavy atom. The third-order valence-corrected chi connectivity index (χ3v) is 3.17. The van der Waals surface area contributed by atoms with Gasteiger partial charge in [-0.2, -0.15) is 4.99 Å². The van der Waals surface area contributed by atoms with Gasteiger partial charge in [0.2, 0.25) is 0 Å². The van der Waals surface area contributed by atoms with E-state index in [1.54, 1.807) is 23.1 Å². The van der Waals surface area contributed by atoms with Gasteiger partial charge in [0.05, 0.1) is 23.7 Å². The van der Waals surface area contributed by atoms with Crippen LogP contribution in [0.25, 0.3) is 0 Å². The molecule has 7 heteroatoms. The van der Waals surface area contributed by atoms with Crippen LogP contribution in [0, 0.1) is 0 Å². The fourth-order valence-electron chi connectivity index (χ4n) is 1.60. The highest BCUT2D eigenvalue weighted by atomic mass is 35.5. The Hall–Kier alpha value is -1.46. The maximum atomic E-state index is 11.3. The van der Waals surface area contributed by atoms with Crippen LogP contribution in [0.1, 0.15) is 0 Å². The Bertz CT molecular complexity index is 499. The molecule has 0 amide bonds. The summed E-state index contributed by atoms with van der Waals surface area (Å²) in [6.07, 6.45) is 0. The third-order valence-electron chi connectivity index (χ3n) is 2.56. The Kier molecular flexibility index (Phi) is 4.50. The summed E-state index contributed by atoms with van der Waals surface area (Å²) in [5.41, 5.74) is 0.428. The van der Waals surface area contributed by atoms with Crippen molar-refractivity contribution in [1.82, 2.24) is 4.90 Å². The van der Waals surface area contributed by atoms with Crippen LogP contribution < -0.4 is 0 Å². The lowest BCUT2D eigenvalue weighted by Gasteiger charge is -2.14. The first-order valence-corrected chi connectivity index (χ1v) is 6.34. The van der Waals surface area contributed by atoms with Crippen LogP contribution >= 0.6 is 23.2 Å². The molecule has 1 fully saturated rings. The second-order valence-electron chi connectivity index (χ2n) is 3.81. The average Bonchev–Trinajstić information content (AvgIpc) is 2.81. The highest BCUT2D eigenvalue weighted by Crippen LogP contribution is 2.33. The number of carbonyl (C=O) groups is 1. The number of carbonyl (C=O) groups excluding carboxylic acids is 1. The average molecular weight is 303 g/mol. The topological polar surface area (TPSA) is 51.1 Å². The Morgan fingerprint density at radius 3 is 2.79 bits per heavy atom. The largest absolute Gasteiger partial charge is 0.468 e. The molecular formula is C12H12Cl2N2O3. The SMILES string of the molecule is COC(=O)CN1CCOC1=Nc1c(Cl)cccc1Cl. The fourth-order valence-corrected chi connectivity index (χ4v) is 2.08. The molecule has 1 aliphatic heterocycles. The first-order chi connectivity index (χ1) is 9.11. The number of rotatable bonds is 3. The minimum absolute atomic E-state index is 0.0808. The molecule has 102 valence electrons. The number of benzene rings is 1. The number of aliphatic imine (C=N–C) groups is 1. The van der Waals surface area contributed by atoms with E-state index in [9.17, 15) is 4.79 Å². The van der Waals surface area contributed by atoms with E-state index in [2.05, 4.69) is 9.73 Å². The minimum Gasteiger partial charge on any atom is -0.468 e. The van der Waals surface area contributed by atoms with Crippen molar-refractivity contribution in [1.29, 1.82) is 0 Å².